The molecule has 1 aliphatic heterocycles. The molecule has 0 spiro atoms. The number of nitrogens with zero attached hydrogens (tertiary/aromatic N) is 3. The molecule has 3 heterocycles. The molecule has 2 atom stereocenters. The van der Waals surface area contributed by atoms with Gasteiger partial charge in [-0.15, -0.1) is 0 Å². The molecule has 0 aliphatic carbocycles. The molecule has 0 radical (unpaired) electrons. The van der Waals surface area contributed by atoms with Gasteiger partial charge in [0.1, 0.15) is 22.8 Å². The van der Waals surface area contributed by atoms with Crippen LogP contribution in [-0.2, 0) is 14.3 Å². The first kappa shape index (κ1) is 26.1. The molecule has 10 nitrogen and oxygen atoms in total. The fourth-order valence-electron chi connectivity index (χ4n) is 4.44. The number of nitrogens with one attached hydrogen (secondary N) is 3. The van der Waals surface area contributed by atoms with Crippen LogP contribution in [0.15, 0.2) is 30.6 Å². The Hall–Kier alpha value is -4.02. The molecule has 0 bridgehead atoms. The van der Waals surface area contributed by atoms with Crippen LogP contribution >= 0.6 is 0 Å². The maximum Gasteiger partial charge on any atom is 0.413 e. The van der Waals surface area contributed by atoms with Crippen molar-refractivity contribution in [3.63, 3.8) is 0 Å². The number of aromatic nitrogens is 3. The molecule has 0 saturated carbocycles. The molecule has 3 amide bonds. The molecule has 37 heavy (non-hydrogen) atoms. The first-order valence-corrected chi connectivity index (χ1v) is 12.1. The van der Waals surface area contributed by atoms with Crippen molar-refractivity contribution in [2.45, 2.75) is 59.1 Å². The van der Waals surface area contributed by atoms with E-state index in [0.717, 1.165) is 6.42 Å². The van der Waals surface area contributed by atoms with Crippen molar-refractivity contribution in [3.05, 3.63) is 47.5 Å². The Bertz CT molecular complexity index is 1350. The predicted octanol–water partition coefficient (Wildman–Crippen LogP) is 4.69. The summed E-state index contributed by atoms with van der Waals surface area (Å²) in [5.41, 5.74) is 1.14. The summed E-state index contributed by atoms with van der Waals surface area (Å²) in [5.74, 6) is -1.52. The molecule has 1 saturated heterocycles. The van der Waals surface area contributed by atoms with E-state index in [-0.39, 0.29) is 11.7 Å². The summed E-state index contributed by atoms with van der Waals surface area (Å²) in [5, 5.41) is 12.3. The number of anilines is 2. The second kappa shape index (κ2) is 10.2. The average molecular weight is 511 g/mol. The lowest BCUT2D eigenvalue weighted by molar-refractivity contribution is -0.146. The molecule has 1 fully saturated rings. The Balaban J connectivity index is 1.49. The average Bonchev–Trinajstić information content (AvgIpc) is 3.28. The van der Waals surface area contributed by atoms with E-state index in [9.17, 15) is 18.8 Å². The van der Waals surface area contributed by atoms with Crippen molar-refractivity contribution < 1.29 is 23.5 Å². The largest absolute Gasteiger partial charge is 0.444 e. The van der Waals surface area contributed by atoms with E-state index in [1.165, 1.54) is 23.4 Å². The molecule has 1 aliphatic rings. The summed E-state index contributed by atoms with van der Waals surface area (Å²) < 4.78 is 19.9. The van der Waals surface area contributed by atoms with Crippen LogP contribution in [0.25, 0.3) is 10.9 Å². The first-order valence-electron chi connectivity index (χ1n) is 12.1. The monoisotopic (exact) mass is 510 g/mol. The Labute approximate surface area is 214 Å². The number of likely N-dealkylation sites (tertiary alicyclic amines) is 1. The highest BCUT2D eigenvalue weighted by Crippen LogP contribution is 2.35. The Morgan fingerprint density at radius 3 is 2.59 bits per heavy atom. The summed E-state index contributed by atoms with van der Waals surface area (Å²) in [6, 6.07) is 4.35. The van der Waals surface area contributed by atoms with Crippen LogP contribution in [-0.4, -0.2) is 50.1 Å². The molecule has 1 aromatic carbocycles. The number of aryl methyl sites for hydroxylation is 1. The van der Waals surface area contributed by atoms with E-state index in [1.807, 2.05) is 6.92 Å². The molecule has 3 aromatic rings. The molecule has 2 unspecified atom stereocenters. The number of aromatic amines is 1. The zero-order valence-electron chi connectivity index (χ0n) is 21.5. The van der Waals surface area contributed by atoms with Gasteiger partial charge in [-0.1, -0.05) is 6.92 Å². The number of fused-ring (bicyclic) bond motifs is 1. The Kier molecular flexibility index (Phi) is 7.15. The van der Waals surface area contributed by atoms with Crippen LogP contribution in [0.1, 0.15) is 57.7 Å². The van der Waals surface area contributed by atoms with Crippen LogP contribution in [0.5, 0.6) is 0 Å². The van der Waals surface area contributed by atoms with Crippen LogP contribution < -0.4 is 10.6 Å². The number of ether oxygens (including phenoxy) is 1. The summed E-state index contributed by atoms with van der Waals surface area (Å²) in [7, 11) is 0. The molecule has 11 heteroatoms. The van der Waals surface area contributed by atoms with Crippen molar-refractivity contribution in [1.82, 2.24) is 20.1 Å². The second-order valence-corrected chi connectivity index (χ2v) is 10.5. The van der Waals surface area contributed by atoms with Gasteiger partial charge in [-0.25, -0.2) is 14.2 Å². The summed E-state index contributed by atoms with van der Waals surface area (Å²) >= 11 is 0. The zero-order chi connectivity index (χ0) is 26.9. The summed E-state index contributed by atoms with van der Waals surface area (Å²) in [6.07, 6.45) is 3.68. The SMILES string of the molecule is Cc1cc(NC(=O)C(=O)N2CC(C)CCC2c2cc(F)c3[nH]ncc3c2)cnc1NC(=O)OC(C)(C)C. The minimum absolute atomic E-state index is 0.192. The molecule has 2 aromatic heterocycles. The van der Waals surface area contributed by atoms with Crippen molar-refractivity contribution >= 4 is 40.3 Å². The fourth-order valence-corrected chi connectivity index (χ4v) is 4.44. The predicted molar refractivity (Wildman–Crippen MR) is 136 cm³/mol. The molecule has 3 N–H and O–H groups in total. The van der Waals surface area contributed by atoms with Gasteiger partial charge in [0.25, 0.3) is 0 Å². The lowest BCUT2D eigenvalue weighted by Crippen LogP contribution is -2.46. The van der Waals surface area contributed by atoms with Gasteiger partial charge in [0, 0.05) is 11.9 Å². The normalized spacial score (nSPS) is 17.9. The number of hydrogen-bond acceptors (Lipinski definition) is 6. The maximum atomic E-state index is 14.6. The third kappa shape index (κ3) is 6.04. The lowest BCUT2D eigenvalue weighted by atomic mass is 9.89. The number of H-pyrrole nitrogens is 1. The van der Waals surface area contributed by atoms with E-state index in [1.54, 1.807) is 39.8 Å². The highest BCUT2D eigenvalue weighted by Gasteiger charge is 2.35. The number of hydrogen-bond donors (Lipinski definition) is 3. The lowest BCUT2D eigenvalue weighted by Gasteiger charge is -2.38. The fraction of sp³-hybridized carbons (Fsp3) is 0.423. The topological polar surface area (TPSA) is 129 Å². The number of carbonyl (C=O) groups is 3. The second-order valence-electron chi connectivity index (χ2n) is 10.5. The minimum atomic E-state index is -0.821. The number of carbonyl (C=O) groups excluding carboxylic acids is 3. The van der Waals surface area contributed by atoms with Gasteiger partial charge in [-0.05, 0) is 75.8 Å². The van der Waals surface area contributed by atoms with Crippen molar-refractivity contribution in [3.8, 4) is 0 Å². The van der Waals surface area contributed by atoms with Gasteiger partial charge in [-0.2, -0.15) is 5.10 Å². The van der Waals surface area contributed by atoms with Gasteiger partial charge in [0.15, 0.2) is 0 Å². The molecular weight excluding hydrogens is 479 g/mol. The number of benzene rings is 1. The quantitative estimate of drug-likeness (QED) is 0.439. The van der Waals surface area contributed by atoms with E-state index in [2.05, 4.69) is 25.8 Å². The van der Waals surface area contributed by atoms with Gasteiger partial charge >= 0.3 is 17.9 Å². The Morgan fingerprint density at radius 2 is 1.89 bits per heavy atom. The van der Waals surface area contributed by atoms with E-state index in [4.69, 9.17) is 4.74 Å². The highest BCUT2D eigenvalue weighted by atomic mass is 19.1. The van der Waals surface area contributed by atoms with Gasteiger partial charge < -0.3 is 15.0 Å². The van der Waals surface area contributed by atoms with Crippen LogP contribution in [0.2, 0.25) is 0 Å². The molecule has 196 valence electrons. The summed E-state index contributed by atoms with van der Waals surface area (Å²) in [6.45, 7) is 9.35. The number of pyridine rings is 1. The van der Waals surface area contributed by atoms with Crippen molar-refractivity contribution in [2.75, 3.05) is 17.2 Å². The first-order chi connectivity index (χ1) is 17.4. The van der Waals surface area contributed by atoms with Gasteiger partial charge in [0.05, 0.1) is 24.1 Å². The maximum absolute atomic E-state index is 14.6. The van der Waals surface area contributed by atoms with Crippen LogP contribution in [0, 0.1) is 18.7 Å². The van der Waals surface area contributed by atoms with Gasteiger partial charge in [0.2, 0.25) is 0 Å². The zero-order valence-corrected chi connectivity index (χ0v) is 21.5. The third-order valence-corrected chi connectivity index (χ3v) is 6.14. The summed E-state index contributed by atoms with van der Waals surface area (Å²) in [4.78, 5) is 43.9. The number of amides is 3. The van der Waals surface area contributed by atoms with E-state index in [0.29, 0.717) is 40.7 Å². The van der Waals surface area contributed by atoms with E-state index < -0.39 is 35.4 Å². The van der Waals surface area contributed by atoms with Crippen LogP contribution in [0.3, 0.4) is 0 Å². The Morgan fingerprint density at radius 1 is 1.14 bits per heavy atom. The molecule has 4 rings (SSSR count). The highest BCUT2D eigenvalue weighted by molar-refractivity contribution is 6.39. The van der Waals surface area contributed by atoms with Crippen molar-refractivity contribution in [1.29, 1.82) is 0 Å². The number of halogens is 1. The standard InChI is InChI=1S/C26H31FN6O4/c1-14-6-7-20(16-9-17-11-29-32-21(17)19(27)10-16)33(13-14)24(35)23(34)30-18-8-15(2)22(28-12-18)31-25(36)37-26(3,4)5/h8-12,14,20H,6-7,13H2,1-5H3,(H,29,32)(H,30,34)(H,28,31,36). The number of rotatable bonds is 3. The third-order valence-electron chi connectivity index (χ3n) is 6.14. The van der Waals surface area contributed by atoms with E-state index >= 15 is 0 Å². The minimum Gasteiger partial charge on any atom is -0.444 e. The van der Waals surface area contributed by atoms with Gasteiger partial charge in [-0.3, -0.25) is 20.0 Å². The molecular formula is C26H31FN6O4. The van der Waals surface area contributed by atoms with Crippen molar-refractivity contribution in [2.24, 2.45) is 5.92 Å². The van der Waals surface area contributed by atoms with Crippen LogP contribution in [0.4, 0.5) is 20.7 Å². The number of piperidine rings is 1. The smallest absolute Gasteiger partial charge is 0.413 e.